The number of rotatable bonds is 3. The molecule has 29 heavy (non-hydrogen) atoms. The van der Waals surface area contributed by atoms with Crippen molar-refractivity contribution in [1.82, 2.24) is 9.47 Å². The lowest BCUT2D eigenvalue weighted by atomic mass is 10.0. The number of aromatic nitrogens is 1. The van der Waals surface area contributed by atoms with Crippen molar-refractivity contribution in [2.45, 2.75) is 18.3 Å². The fraction of sp³-hybridized carbons (Fsp3) is 0.278. The van der Waals surface area contributed by atoms with Crippen LogP contribution >= 0.6 is 0 Å². The summed E-state index contributed by atoms with van der Waals surface area (Å²) >= 11 is 0. The number of likely N-dealkylation sites (tertiary alicyclic amines) is 1. The maximum absolute atomic E-state index is 13.4. The van der Waals surface area contributed by atoms with E-state index >= 15 is 0 Å². The van der Waals surface area contributed by atoms with Crippen LogP contribution in [0.15, 0.2) is 42.6 Å². The van der Waals surface area contributed by atoms with Crippen molar-refractivity contribution >= 4 is 12.1 Å². The lowest BCUT2D eigenvalue weighted by Crippen LogP contribution is -2.58. The van der Waals surface area contributed by atoms with Crippen LogP contribution in [0, 0.1) is 0 Å². The van der Waals surface area contributed by atoms with Crippen molar-refractivity contribution in [3.8, 4) is 11.3 Å². The topological polar surface area (TPSA) is 25.2 Å². The van der Waals surface area contributed by atoms with Gasteiger partial charge in [-0.3, -0.25) is 4.79 Å². The summed E-state index contributed by atoms with van der Waals surface area (Å²) < 4.78 is 105. The molecule has 2 aromatic rings. The number of hydrogen-bond donors (Lipinski definition) is 0. The Hall–Kier alpha value is -2.85. The molecule has 0 bridgehead atoms. The lowest BCUT2D eigenvalue weighted by Gasteiger charge is -2.37. The third kappa shape index (κ3) is 4.43. The van der Waals surface area contributed by atoms with Gasteiger partial charge in [0.25, 0.3) is 5.92 Å². The van der Waals surface area contributed by atoms with Crippen LogP contribution in [-0.2, 0) is 17.1 Å². The highest BCUT2D eigenvalue weighted by atomic mass is 19.4. The molecule has 3 nitrogen and oxygen atoms in total. The number of halogens is 8. The molecule has 1 amide bonds. The number of nitrogens with zero attached hydrogens (tertiary/aromatic N) is 2. The molecule has 2 heterocycles. The normalized spacial score (nSPS) is 16.9. The zero-order valence-corrected chi connectivity index (χ0v) is 14.4. The van der Waals surface area contributed by atoms with Gasteiger partial charge in [0.2, 0.25) is 5.91 Å². The SMILES string of the molecule is O=C(/C=C\n1cccc1-c1ccc(C(F)(F)F)cc1C(F)(F)F)N1CC(F)(F)C1. The van der Waals surface area contributed by atoms with E-state index in [1.165, 1.54) is 18.3 Å². The summed E-state index contributed by atoms with van der Waals surface area (Å²) in [6.45, 7) is -1.52. The molecular weight excluding hydrogens is 412 g/mol. The van der Waals surface area contributed by atoms with E-state index in [0.29, 0.717) is 12.1 Å². The van der Waals surface area contributed by atoms with E-state index in [-0.39, 0.29) is 11.8 Å². The summed E-state index contributed by atoms with van der Waals surface area (Å²) in [5, 5.41) is 0. The molecule has 1 fully saturated rings. The monoisotopic (exact) mass is 424 g/mol. The molecule has 0 spiro atoms. The Morgan fingerprint density at radius 2 is 1.66 bits per heavy atom. The van der Waals surface area contributed by atoms with Gasteiger partial charge in [-0.25, -0.2) is 8.78 Å². The molecule has 1 saturated heterocycles. The highest BCUT2D eigenvalue weighted by Gasteiger charge is 2.45. The maximum Gasteiger partial charge on any atom is 0.417 e. The summed E-state index contributed by atoms with van der Waals surface area (Å²) in [7, 11) is 0. The van der Waals surface area contributed by atoms with Gasteiger partial charge in [-0.1, -0.05) is 6.07 Å². The lowest BCUT2D eigenvalue weighted by molar-refractivity contribution is -0.160. The molecule has 1 aromatic heterocycles. The van der Waals surface area contributed by atoms with Gasteiger partial charge in [-0.05, 0) is 24.3 Å². The van der Waals surface area contributed by atoms with E-state index in [9.17, 15) is 39.9 Å². The molecule has 0 saturated carbocycles. The summed E-state index contributed by atoms with van der Waals surface area (Å²) in [4.78, 5) is 12.7. The smallest absolute Gasteiger partial charge is 0.327 e. The Morgan fingerprint density at radius 1 is 1.00 bits per heavy atom. The van der Waals surface area contributed by atoms with E-state index in [2.05, 4.69) is 0 Å². The van der Waals surface area contributed by atoms with Crippen molar-refractivity contribution in [2.75, 3.05) is 13.1 Å². The van der Waals surface area contributed by atoms with Gasteiger partial charge in [0.1, 0.15) is 0 Å². The van der Waals surface area contributed by atoms with Crippen LogP contribution in [0.5, 0.6) is 0 Å². The number of amides is 1. The maximum atomic E-state index is 13.4. The third-order valence-corrected chi connectivity index (χ3v) is 4.24. The molecule has 1 aliphatic heterocycles. The summed E-state index contributed by atoms with van der Waals surface area (Å²) in [6, 6.07) is 3.80. The minimum atomic E-state index is -5.06. The zero-order chi connectivity index (χ0) is 21.6. The second kappa shape index (κ2) is 6.89. The molecule has 0 atom stereocenters. The first-order valence-electron chi connectivity index (χ1n) is 8.08. The molecule has 1 aliphatic rings. The summed E-state index contributed by atoms with van der Waals surface area (Å²) in [5.74, 6) is -3.73. The van der Waals surface area contributed by atoms with Crippen LogP contribution < -0.4 is 0 Å². The number of hydrogen-bond acceptors (Lipinski definition) is 1. The van der Waals surface area contributed by atoms with Crippen molar-refractivity contribution < 1.29 is 39.9 Å². The van der Waals surface area contributed by atoms with Gasteiger partial charge in [-0.15, -0.1) is 0 Å². The Balaban J connectivity index is 1.94. The Labute approximate surface area is 158 Å². The molecule has 0 N–H and O–H groups in total. The van der Waals surface area contributed by atoms with Crippen LogP contribution in [0.1, 0.15) is 11.1 Å². The molecule has 3 rings (SSSR count). The first kappa shape index (κ1) is 20.9. The molecule has 1 aromatic carbocycles. The third-order valence-electron chi connectivity index (χ3n) is 4.24. The minimum Gasteiger partial charge on any atom is -0.327 e. The van der Waals surface area contributed by atoms with Gasteiger partial charge < -0.3 is 9.47 Å². The standard InChI is InChI=1S/C18H12F8N2O/c19-16(20)9-28(10-16)15(29)5-7-27-6-1-2-14(27)12-4-3-11(17(21,22)23)8-13(12)18(24,25)26/h1-8H,9-10H2/b7-5-. The zero-order valence-electron chi connectivity index (χ0n) is 14.4. The van der Waals surface area contributed by atoms with E-state index in [4.69, 9.17) is 0 Å². The van der Waals surface area contributed by atoms with Gasteiger partial charge in [0.15, 0.2) is 0 Å². The van der Waals surface area contributed by atoms with Crippen molar-refractivity contribution in [2.24, 2.45) is 0 Å². The summed E-state index contributed by atoms with van der Waals surface area (Å²) in [5.41, 5.74) is -3.59. The Morgan fingerprint density at radius 3 is 2.21 bits per heavy atom. The quantitative estimate of drug-likeness (QED) is 0.495. The predicted molar refractivity (Wildman–Crippen MR) is 86.7 cm³/mol. The van der Waals surface area contributed by atoms with E-state index in [1.54, 1.807) is 0 Å². The van der Waals surface area contributed by atoms with Crippen LogP contribution in [0.2, 0.25) is 0 Å². The van der Waals surface area contributed by atoms with Crippen molar-refractivity contribution in [3.05, 3.63) is 53.7 Å². The predicted octanol–water partition coefficient (Wildman–Crippen LogP) is 5.14. The van der Waals surface area contributed by atoms with E-state index in [0.717, 1.165) is 21.7 Å². The van der Waals surface area contributed by atoms with Gasteiger partial charge in [-0.2, -0.15) is 26.3 Å². The second-order valence-electron chi connectivity index (χ2n) is 6.42. The first-order valence-corrected chi connectivity index (χ1v) is 8.08. The molecule has 156 valence electrons. The second-order valence-corrected chi connectivity index (χ2v) is 6.42. The highest BCUT2D eigenvalue weighted by molar-refractivity contribution is 5.91. The minimum absolute atomic E-state index is 0.0175. The van der Waals surface area contributed by atoms with Crippen molar-refractivity contribution in [3.63, 3.8) is 0 Å². The van der Waals surface area contributed by atoms with Crippen LogP contribution in [0.3, 0.4) is 0 Å². The van der Waals surface area contributed by atoms with Crippen molar-refractivity contribution in [1.29, 1.82) is 0 Å². The number of alkyl halides is 8. The number of carbonyl (C=O) groups excluding carboxylic acids is 1. The molecule has 0 radical (unpaired) electrons. The van der Waals surface area contributed by atoms with Crippen LogP contribution in [0.4, 0.5) is 35.1 Å². The molecule has 0 unspecified atom stereocenters. The van der Waals surface area contributed by atoms with Gasteiger partial charge >= 0.3 is 12.4 Å². The van der Waals surface area contributed by atoms with E-state index in [1.807, 2.05) is 0 Å². The first-order chi connectivity index (χ1) is 13.3. The van der Waals surface area contributed by atoms with Crippen LogP contribution in [0.25, 0.3) is 17.5 Å². The molecular formula is C18H12F8N2O. The Kier molecular flexibility index (Phi) is 4.96. The molecule has 0 aliphatic carbocycles. The fourth-order valence-corrected chi connectivity index (χ4v) is 2.85. The average molecular weight is 424 g/mol. The largest absolute Gasteiger partial charge is 0.417 e. The Bertz CT molecular complexity index is 948. The number of benzene rings is 1. The van der Waals surface area contributed by atoms with Crippen LogP contribution in [-0.4, -0.2) is 34.4 Å². The van der Waals surface area contributed by atoms with Gasteiger partial charge in [0.05, 0.1) is 29.9 Å². The van der Waals surface area contributed by atoms with E-state index < -0.39 is 54.0 Å². The highest BCUT2D eigenvalue weighted by Crippen LogP contribution is 2.41. The summed E-state index contributed by atoms with van der Waals surface area (Å²) in [6.07, 6.45) is -6.77. The average Bonchev–Trinajstić information content (AvgIpc) is 3.03. The number of carbonyl (C=O) groups is 1. The van der Waals surface area contributed by atoms with Gasteiger partial charge in [0, 0.05) is 24.0 Å². The molecule has 11 heteroatoms. The fourth-order valence-electron chi connectivity index (χ4n) is 2.85.